The van der Waals surface area contributed by atoms with E-state index < -0.39 is 10.0 Å². The Hall–Kier alpha value is -2.25. The first kappa shape index (κ1) is 19.5. The number of hydrogen-bond acceptors (Lipinski definition) is 4. The molecule has 0 aromatic heterocycles. The van der Waals surface area contributed by atoms with Crippen molar-refractivity contribution in [3.8, 4) is 0 Å². The molecule has 1 fully saturated rings. The highest BCUT2D eigenvalue weighted by atomic mass is 35.5. The van der Waals surface area contributed by atoms with Crippen LogP contribution in [0.2, 0.25) is 5.02 Å². The zero-order valence-corrected chi connectivity index (χ0v) is 16.8. The molecule has 1 N–H and O–H groups in total. The summed E-state index contributed by atoms with van der Waals surface area (Å²) in [5, 5.41) is 0.698. The molecule has 144 valence electrons. The Balaban J connectivity index is 1.68. The van der Waals surface area contributed by atoms with Crippen molar-refractivity contribution in [2.45, 2.75) is 6.92 Å². The van der Waals surface area contributed by atoms with Gasteiger partial charge in [0, 0.05) is 48.1 Å². The van der Waals surface area contributed by atoms with E-state index in [1.165, 1.54) is 0 Å². The van der Waals surface area contributed by atoms with Crippen LogP contribution in [0.3, 0.4) is 0 Å². The largest absolute Gasteiger partial charge is 0.368 e. The van der Waals surface area contributed by atoms with E-state index in [1.807, 2.05) is 25.1 Å². The number of anilines is 2. The molecule has 1 heterocycles. The normalized spacial score (nSPS) is 14.9. The number of benzene rings is 2. The second kappa shape index (κ2) is 7.78. The Morgan fingerprint density at radius 1 is 1.07 bits per heavy atom. The lowest BCUT2D eigenvalue weighted by Crippen LogP contribution is -2.49. The zero-order chi connectivity index (χ0) is 19.6. The van der Waals surface area contributed by atoms with Crippen LogP contribution in [-0.4, -0.2) is 51.7 Å². The predicted octanol–water partition coefficient (Wildman–Crippen LogP) is 2.98. The first-order valence-electron chi connectivity index (χ1n) is 8.61. The van der Waals surface area contributed by atoms with E-state index in [0.717, 1.165) is 17.5 Å². The summed E-state index contributed by atoms with van der Waals surface area (Å²) < 4.78 is 25.2. The minimum atomic E-state index is -3.38. The Kier molecular flexibility index (Phi) is 5.62. The molecule has 0 atom stereocenters. The third kappa shape index (κ3) is 4.93. The molecule has 0 saturated carbocycles. The van der Waals surface area contributed by atoms with Crippen LogP contribution in [0.5, 0.6) is 0 Å². The Bertz CT molecular complexity index is 954. The number of sulfonamides is 1. The van der Waals surface area contributed by atoms with E-state index in [9.17, 15) is 13.2 Å². The summed E-state index contributed by atoms with van der Waals surface area (Å²) in [5.41, 5.74) is 3.10. The van der Waals surface area contributed by atoms with Crippen LogP contribution in [0.15, 0.2) is 42.5 Å². The number of rotatable bonds is 4. The van der Waals surface area contributed by atoms with Gasteiger partial charge in [0.05, 0.1) is 6.26 Å². The molecule has 27 heavy (non-hydrogen) atoms. The van der Waals surface area contributed by atoms with Gasteiger partial charge in [-0.1, -0.05) is 23.7 Å². The number of carbonyl (C=O) groups is 1. The third-order valence-electron chi connectivity index (χ3n) is 4.49. The highest BCUT2D eigenvalue weighted by molar-refractivity contribution is 7.92. The van der Waals surface area contributed by atoms with Gasteiger partial charge in [0.25, 0.3) is 5.91 Å². The van der Waals surface area contributed by atoms with E-state index in [-0.39, 0.29) is 5.91 Å². The predicted molar refractivity (Wildman–Crippen MR) is 109 cm³/mol. The van der Waals surface area contributed by atoms with Crippen molar-refractivity contribution in [3.63, 3.8) is 0 Å². The summed E-state index contributed by atoms with van der Waals surface area (Å²) in [5.74, 6) is -0.102. The Morgan fingerprint density at radius 2 is 1.78 bits per heavy atom. The number of aryl methyl sites for hydroxylation is 1. The van der Waals surface area contributed by atoms with Crippen molar-refractivity contribution in [1.29, 1.82) is 0 Å². The van der Waals surface area contributed by atoms with E-state index in [4.69, 9.17) is 11.6 Å². The number of nitrogens with one attached hydrogen (secondary N) is 1. The molecule has 1 amide bonds. The van der Waals surface area contributed by atoms with Gasteiger partial charge >= 0.3 is 0 Å². The lowest BCUT2D eigenvalue weighted by Gasteiger charge is -2.37. The van der Waals surface area contributed by atoms with E-state index >= 15 is 0 Å². The van der Waals surface area contributed by atoms with Crippen LogP contribution in [0, 0.1) is 6.92 Å². The maximum Gasteiger partial charge on any atom is 0.254 e. The molecular formula is C19H22ClN3O3S. The maximum absolute atomic E-state index is 12.8. The minimum Gasteiger partial charge on any atom is -0.368 e. The second-order valence-electron chi connectivity index (χ2n) is 6.67. The van der Waals surface area contributed by atoms with Crippen molar-refractivity contribution >= 4 is 38.9 Å². The van der Waals surface area contributed by atoms with Crippen molar-refractivity contribution in [2.24, 2.45) is 0 Å². The monoisotopic (exact) mass is 407 g/mol. The van der Waals surface area contributed by atoms with Crippen molar-refractivity contribution in [1.82, 2.24) is 4.90 Å². The number of piperazine rings is 1. The SMILES string of the molecule is Cc1ccc(Cl)cc1N1CCN(C(=O)c2cccc(NS(C)(=O)=O)c2)CC1. The van der Waals surface area contributed by atoms with Crippen molar-refractivity contribution < 1.29 is 13.2 Å². The van der Waals surface area contributed by atoms with Crippen molar-refractivity contribution in [3.05, 3.63) is 58.6 Å². The van der Waals surface area contributed by atoms with E-state index in [2.05, 4.69) is 9.62 Å². The number of amides is 1. The standard InChI is InChI=1S/C19H22ClN3O3S/c1-14-6-7-16(20)13-18(14)22-8-10-23(11-9-22)19(24)15-4-3-5-17(12-15)21-27(2,25)26/h3-7,12-13,21H,8-11H2,1-2H3. The molecule has 8 heteroatoms. The summed E-state index contributed by atoms with van der Waals surface area (Å²) in [6.07, 6.45) is 1.08. The van der Waals surface area contributed by atoms with Gasteiger partial charge in [0.15, 0.2) is 0 Å². The van der Waals surface area contributed by atoms with E-state index in [0.29, 0.717) is 42.5 Å². The molecule has 1 aliphatic heterocycles. The van der Waals surface area contributed by atoms with Gasteiger partial charge in [-0.05, 0) is 42.8 Å². The molecule has 0 spiro atoms. The fourth-order valence-corrected chi connectivity index (χ4v) is 3.91. The molecule has 2 aromatic rings. The molecule has 0 aliphatic carbocycles. The lowest BCUT2D eigenvalue weighted by molar-refractivity contribution is 0.0747. The topological polar surface area (TPSA) is 69.7 Å². The number of nitrogens with zero attached hydrogens (tertiary/aromatic N) is 2. The van der Waals surface area contributed by atoms with Crippen LogP contribution in [0.4, 0.5) is 11.4 Å². The summed E-state index contributed by atoms with van der Waals surface area (Å²) >= 11 is 6.12. The van der Waals surface area contributed by atoms with Gasteiger partial charge < -0.3 is 9.80 Å². The zero-order valence-electron chi connectivity index (χ0n) is 15.3. The van der Waals surface area contributed by atoms with Gasteiger partial charge in [0.2, 0.25) is 10.0 Å². The van der Waals surface area contributed by atoms with Crippen LogP contribution in [-0.2, 0) is 10.0 Å². The number of carbonyl (C=O) groups excluding carboxylic acids is 1. The smallest absolute Gasteiger partial charge is 0.254 e. The molecule has 1 aliphatic rings. The van der Waals surface area contributed by atoms with Crippen LogP contribution >= 0.6 is 11.6 Å². The van der Waals surface area contributed by atoms with Crippen LogP contribution in [0.1, 0.15) is 15.9 Å². The third-order valence-corrected chi connectivity index (χ3v) is 5.33. The maximum atomic E-state index is 12.8. The highest BCUT2D eigenvalue weighted by Crippen LogP contribution is 2.25. The molecule has 2 aromatic carbocycles. The molecule has 6 nitrogen and oxygen atoms in total. The molecule has 0 unspecified atom stereocenters. The Morgan fingerprint density at radius 3 is 2.44 bits per heavy atom. The molecular weight excluding hydrogens is 386 g/mol. The van der Waals surface area contributed by atoms with Gasteiger partial charge in [-0.25, -0.2) is 8.42 Å². The quantitative estimate of drug-likeness (QED) is 0.845. The van der Waals surface area contributed by atoms with E-state index in [1.54, 1.807) is 29.2 Å². The molecule has 0 bridgehead atoms. The summed E-state index contributed by atoms with van der Waals surface area (Å²) in [6.45, 7) is 4.66. The van der Waals surface area contributed by atoms with Gasteiger partial charge in [-0.2, -0.15) is 0 Å². The van der Waals surface area contributed by atoms with Crippen LogP contribution in [0.25, 0.3) is 0 Å². The minimum absolute atomic E-state index is 0.102. The summed E-state index contributed by atoms with van der Waals surface area (Å²) in [7, 11) is -3.38. The highest BCUT2D eigenvalue weighted by Gasteiger charge is 2.23. The average molecular weight is 408 g/mol. The summed E-state index contributed by atoms with van der Waals surface area (Å²) in [6, 6.07) is 12.4. The molecule has 0 radical (unpaired) electrons. The number of hydrogen-bond donors (Lipinski definition) is 1. The fraction of sp³-hybridized carbons (Fsp3) is 0.316. The molecule has 1 saturated heterocycles. The number of halogens is 1. The average Bonchev–Trinajstić information content (AvgIpc) is 2.62. The first-order chi connectivity index (χ1) is 12.7. The fourth-order valence-electron chi connectivity index (χ4n) is 3.19. The Labute approximate surface area is 164 Å². The van der Waals surface area contributed by atoms with Crippen LogP contribution < -0.4 is 9.62 Å². The van der Waals surface area contributed by atoms with Crippen molar-refractivity contribution in [2.75, 3.05) is 42.1 Å². The van der Waals surface area contributed by atoms with Gasteiger partial charge in [0.1, 0.15) is 0 Å². The summed E-state index contributed by atoms with van der Waals surface area (Å²) in [4.78, 5) is 16.8. The molecule has 3 rings (SSSR count). The van der Waals surface area contributed by atoms with Gasteiger partial charge in [-0.15, -0.1) is 0 Å². The lowest BCUT2D eigenvalue weighted by atomic mass is 10.1. The second-order valence-corrected chi connectivity index (χ2v) is 8.85. The first-order valence-corrected chi connectivity index (χ1v) is 10.9. The van der Waals surface area contributed by atoms with Gasteiger partial charge in [-0.3, -0.25) is 9.52 Å².